The van der Waals surface area contributed by atoms with Gasteiger partial charge in [0.25, 0.3) is 0 Å². The number of hydrogen-bond donors (Lipinski definition) is 0. The third-order valence-electron chi connectivity index (χ3n) is 1.70. The molecule has 0 N–H and O–H groups in total. The van der Waals surface area contributed by atoms with E-state index in [-0.39, 0.29) is 5.97 Å². The van der Waals surface area contributed by atoms with Gasteiger partial charge in [-0.25, -0.2) is 4.79 Å². The number of unbranched alkanes of at least 4 members (excludes halogenated alkanes) is 1. The Balaban J connectivity index is 3.74. The molecule has 14 heavy (non-hydrogen) atoms. The van der Waals surface area contributed by atoms with E-state index in [2.05, 4.69) is 11.8 Å². The van der Waals surface area contributed by atoms with Crippen molar-refractivity contribution in [2.45, 2.75) is 40.0 Å². The molecule has 0 amide bonds. The van der Waals surface area contributed by atoms with Crippen LogP contribution < -0.4 is 0 Å². The Morgan fingerprint density at radius 2 is 2.21 bits per heavy atom. The third kappa shape index (κ3) is 7.42. The van der Waals surface area contributed by atoms with Crippen LogP contribution in [0.3, 0.4) is 0 Å². The predicted molar refractivity (Wildman–Crippen MR) is 57.7 cm³/mol. The summed E-state index contributed by atoms with van der Waals surface area (Å²) in [5, 5.41) is 0. The van der Waals surface area contributed by atoms with Gasteiger partial charge in [-0.05, 0) is 33.6 Å². The summed E-state index contributed by atoms with van der Waals surface area (Å²) in [6, 6.07) is 0. The standard InChI is InChI=1S/C12H18O2/c1-4-6-7-8-9-11(3)10-12(13)14-5-2/h10H,5,7-9H2,1-3H3/b11-10+. The van der Waals surface area contributed by atoms with Crippen LogP contribution in [-0.4, -0.2) is 12.6 Å². The Labute approximate surface area is 86.3 Å². The Hall–Kier alpha value is -1.23. The molecule has 0 bridgehead atoms. The number of hydrogen-bond acceptors (Lipinski definition) is 2. The van der Waals surface area contributed by atoms with E-state index in [4.69, 9.17) is 4.74 Å². The maximum atomic E-state index is 11.0. The molecule has 0 spiro atoms. The summed E-state index contributed by atoms with van der Waals surface area (Å²) in [4.78, 5) is 11.0. The fraction of sp³-hybridized carbons (Fsp3) is 0.583. The lowest BCUT2D eigenvalue weighted by Gasteiger charge is -1.99. The van der Waals surface area contributed by atoms with Gasteiger partial charge < -0.3 is 4.74 Å². The molecule has 0 aliphatic heterocycles. The van der Waals surface area contributed by atoms with Crippen molar-refractivity contribution in [3.63, 3.8) is 0 Å². The number of allylic oxidation sites excluding steroid dienone is 1. The minimum atomic E-state index is -0.244. The van der Waals surface area contributed by atoms with Crippen LogP contribution in [0.2, 0.25) is 0 Å². The molecule has 0 radical (unpaired) electrons. The highest BCUT2D eigenvalue weighted by molar-refractivity contribution is 5.82. The van der Waals surface area contributed by atoms with Crippen molar-refractivity contribution < 1.29 is 9.53 Å². The Morgan fingerprint density at radius 3 is 2.79 bits per heavy atom. The van der Waals surface area contributed by atoms with Crippen LogP contribution in [0.5, 0.6) is 0 Å². The van der Waals surface area contributed by atoms with Crippen LogP contribution in [0, 0.1) is 11.8 Å². The van der Waals surface area contributed by atoms with Gasteiger partial charge in [0.1, 0.15) is 0 Å². The second kappa shape index (κ2) is 8.37. The second-order valence-corrected chi connectivity index (χ2v) is 3.02. The lowest BCUT2D eigenvalue weighted by molar-refractivity contribution is -0.137. The van der Waals surface area contributed by atoms with Crippen molar-refractivity contribution in [3.05, 3.63) is 11.6 Å². The highest BCUT2D eigenvalue weighted by Crippen LogP contribution is 2.06. The Kier molecular flexibility index (Phi) is 7.64. The molecule has 78 valence electrons. The van der Waals surface area contributed by atoms with Crippen LogP contribution in [0.4, 0.5) is 0 Å². The average Bonchev–Trinajstić information content (AvgIpc) is 2.13. The zero-order valence-corrected chi connectivity index (χ0v) is 9.22. The molecular weight excluding hydrogens is 176 g/mol. The summed E-state index contributed by atoms with van der Waals surface area (Å²) in [5.74, 6) is 5.59. The van der Waals surface area contributed by atoms with Gasteiger partial charge in [-0.2, -0.15) is 0 Å². The first-order valence-electron chi connectivity index (χ1n) is 4.94. The molecular formula is C12H18O2. The van der Waals surface area contributed by atoms with Crippen LogP contribution in [0.15, 0.2) is 11.6 Å². The highest BCUT2D eigenvalue weighted by atomic mass is 16.5. The van der Waals surface area contributed by atoms with Gasteiger partial charge in [-0.3, -0.25) is 0 Å². The highest BCUT2D eigenvalue weighted by Gasteiger charge is 1.97. The first-order chi connectivity index (χ1) is 6.70. The summed E-state index contributed by atoms with van der Waals surface area (Å²) in [6.45, 7) is 6.01. The lowest BCUT2D eigenvalue weighted by atomic mass is 10.1. The third-order valence-corrected chi connectivity index (χ3v) is 1.70. The summed E-state index contributed by atoms with van der Waals surface area (Å²) in [6.07, 6.45) is 4.36. The largest absolute Gasteiger partial charge is 0.463 e. The van der Waals surface area contributed by atoms with Crippen LogP contribution >= 0.6 is 0 Å². The summed E-state index contributed by atoms with van der Waals surface area (Å²) < 4.78 is 4.80. The number of carbonyl (C=O) groups excluding carboxylic acids is 1. The van der Waals surface area contributed by atoms with E-state index in [1.165, 1.54) is 0 Å². The maximum absolute atomic E-state index is 11.0. The number of carbonyl (C=O) groups is 1. The number of esters is 1. The topological polar surface area (TPSA) is 26.3 Å². The lowest BCUT2D eigenvalue weighted by Crippen LogP contribution is -2.00. The van der Waals surface area contributed by atoms with E-state index in [1.807, 2.05) is 13.8 Å². The van der Waals surface area contributed by atoms with Gasteiger partial charge in [0.05, 0.1) is 6.61 Å². The van der Waals surface area contributed by atoms with Gasteiger partial charge in [-0.15, -0.1) is 11.8 Å². The Morgan fingerprint density at radius 1 is 1.50 bits per heavy atom. The van der Waals surface area contributed by atoms with Crippen LogP contribution in [0.1, 0.15) is 40.0 Å². The molecule has 2 nitrogen and oxygen atoms in total. The first-order valence-corrected chi connectivity index (χ1v) is 4.94. The van der Waals surface area contributed by atoms with Crippen molar-refractivity contribution in [1.82, 2.24) is 0 Å². The molecule has 0 rings (SSSR count). The SMILES string of the molecule is CC#CCCC/C(C)=C/C(=O)OCC. The monoisotopic (exact) mass is 194 g/mol. The van der Waals surface area contributed by atoms with E-state index in [0.717, 1.165) is 24.8 Å². The van der Waals surface area contributed by atoms with E-state index in [0.29, 0.717) is 6.61 Å². The normalized spacial score (nSPS) is 10.4. The molecule has 0 saturated heterocycles. The minimum absolute atomic E-state index is 0.244. The molecule has 2 heteroatoms. The molecule has 0 aliphatic rings. The average molecular weight is 194 g/mol. The van der Waals surface area contributed by atoms with Crippen molar-refractivity contribution >= 4 is 5.97 Å². The molecule has 0 aromatic carbocycles. The molecule has 0 aromatic heterocycles. The smallest absolute Gasteiger partial charge is 0.330 e. The van der Waals surface area contributed by atoms with Gasteiger partial charge in [0.15, 0.2) is 0 Å². The Bertz CT molecular complexity index is 253. The van der Waals surface area contributed by atoms with Crippen molar-refractivity contribution in [1.29, 1.82) is 0 Å². The van der Waals surface area contributed by atoms with E-state index >= 15 is 0 Å². The predicted octanol–water partition coefficient (Wildman–Crippen LogP) is 2.69. The van der Waals surface area contributed by atoms with Gasteiger partial charge in [0.2, 0.25) is 0 Å². The molecule has 0 aromatic rings. The zero-order valence-electron chi connectivity index (χ0n) is 9.22. The minimum Gasteiger partial charge on any atom is -0.463 e. The van der Waals surface area contributed by atoms with Crippen molar-refractivity contribution in [2.75, 3.05) is 6.61 Å². The number of rotatable bonds is 5. The second-order valence-electron chi connectivity index (χ2n) is 3.02. The molecule has 0 aliphatic carbocycles. The van der Waals surface area contributed by atoms with Crippen molar-refractivity contribution in [3.8, 4) is 11.8 Å². The fourth-order valence-corrected chi connectivity index (χ4v) is 1.04. The van der Waals surface area contributed by atoms with Gasteiger partial charge >= 0.3 is 5.97 Å². The molecule has 0 heterocycles. The molecule has 0 saturated carbocycles. The summed E-state index contributed by atoms with van der Waals surface area (Å²) in [7, 11) is 0. The quantitative estimate of drug-likeness (QED) is 0.291. The molecule has 0 atom stereocenters. The van der Waals surface area contributed by atoms with Crippen molar-refractivity contribution in [2.24, 2.45) is 0 Å². The fourth-order valence-electron chi connectivity index (χ4n) is 1.04. The first kappa shape index (κ1) is 12.8. The summed E-state index contributed by atoms with van der Waals surface area (Å²) in [5.41, 5.74) is 1.06. The maximum Gasteiger partial charge on any atom is 0.330 e. The molecule has 0 unspecified atom stereocenters. The van der Waals surface area contributed by atoms with Crippen LogP contribution in [0.25, 0.3) is 0 Å². The molecule has 0 fully saturated rings. The van der Waals surface area contributed by atoms with E-state index in [9.17, 15) is 4.79 Å². The van der Waals surface area contributed by atoms with E-state index < -0.39 is 0 Å². The van der Waals surface area contributed by atoms with Crippen LogP contribution in [-0.2, 0) is 9.53 Å². The number of ether oxygens (including phenoxy) is 1. The summed E-state index contributed by atoms with van der Waals surface area (Å²) >= 11 is 0. The van der Waals surface area contributed by atoms with Gasteiger partial charge in [-0.1, -0.05) is 5.57 Å². The van der Waals surface area contributed by atoms with E-state index in [1.54, 1.807) is 13.0 Å². The zero-order chi connectivity index (χ0) is 10.8. The van der Waals surface area contributed by atoms with Gasteiger partial charge in [0, 0.05) is 12.5 Å².